The lowest BCUT2D eigenvalue weighted by molar-refractivity contribution is -0.385. The Hall–Kier alpha value is -2.00. The van der Waals surface area contributed by atoms with Crippen LogP contribution < -0.4 is 4.72 Å². The van der Waals surface area contributed by atoms with Crippen molar-refractivity contribution in [1.29, 1.82) is 0 Å². The number of sulfonamides is 1. The SMILES string of the molecule is CC(C)[C@@H](NS(=O)(=O)c1cccc([N+](=O)[O-])c1)C(=O)N1CCCCC1. The molecular formula is C16H23N3O5S. The smallest absolute Gasteiger partial charge is 0.270 e. The van der Waals surface area contributed by atoms with Crippen LogP contribution in [0.25, 0.3) is 0 Å². The van der Waals surface area contributed by atoms with Gasteiger partial charge in [0.2, 0.25) is 15.9 Å². The molecule has 9 heteroatoms. The predicted octanol–water partition coefficient (Wildman–Crippen LogP) is 1.91. The number of non-ortho nitro benzene ring substituents is 1. The van der Waals surface area contributed by atoms with Crippen molar-refractivity contribution in [3.05, 3.63) is 34.4 Å². The second-order valence-electron chi connectivity index (χ2n) is 6.48. The second-order valence-corrected chi connectivity index (χ2v) is 8.20. The Bertz CT molecular complexity index is 742. The van der Waals surface area contributed by atoms with Crippen molar-refractivity contribution in [2.75, 3.05) is 13.1 Å². The van der Waals surface area contributed by atoms with Crippen molar-refractivity contribution in [1.82, 2.24) is 9.62 Å². The number of nitro groups is 1. The zero-order valence-electron chi connectivity index (χ0n) is 14.3. The average molecular weight is 369 g/mol. The van der Waals surface area contributed by atoms with Crippen LogP contribution in [-0.4, -0.2) is 43.3 Å². The third-order valence-corrected chi connectivity index (χ3v) is 5.66. The molecule has 0 aromatic heterocycles. The molecule has 0 bridgehead atoms. The third kappa shape index (κ3) is 4.76. The Kier molecular flexibility index (Phi) is 6.12. The summed E-state index contributed by atoms with van der Waals surface area (Å²) in [4.78, 5) is 24.4. The van der Waals surface area contributed by atoms with E-state index in [-0.39, 0.29) is 22.4 Å². The Morgan fingerprint density at radius 3 is 2.44 bits per heavy atom. The molecule has 1 aromatic rings. The van der Waals surface area contributed by atoms with Gasteiger partial charge in [0, 0.05) is 25.2 Å². The fourth-order valence-electron chi connectivity index (χ4n) is 2.78. The van der Waals surface area contributed by atoms with Gasteiger partial charge in [-0.25, -0.2) is 8.42 Å². The summed E-state index contributed by atoms with van der Waals surface area (Å²) in [6, 6.07) is 3.90. The fraction of sp³-hybridized carbons (Fsp3) is 0.562. The van der Waals surface area contributed by atoms with E-state index in [0.29, 0.717) is 13.1 Å². The number of rotatable bonds is 6. The van der Waals surface area contributed by atoms with Gasteiger partial charge in [-0.15, -0.1) is 0 Å². The lowest BCUT2D eigenvalue weighted by Crippen LogP contribution is -2.52. The van der Waals surface area contributed by atoms with Gasteiger partial charge in [0.1, 0.15) is 6.04 Å². The molecule has 1 amide bonds. The van der Waals surface area contributed by atoms with Crippen molar-refractivity contribution in [2.45, 2.75) is 44.0 Å². The molecule has 0 radical (unpaired) electrons. The van der Waals surface area contributed by atoms with Gasteiger partial charge in [0.25, 0.3) is 5.69 Å². The number of hydrogen-bond donors (Lipinski definition) is 1. The van der Waals surface area contributed by atoms with Crippen molar-refractivity contribution in [3.63, 3.8) is 0 Å². The number of piperidine rings is 1. The van der Waals surface area contributed by atoms with E-state index in [9.17, 15) is 23.3 Å². The van der Waals surface area contributed by atoms with Gasteiger partial charge in [0.15, 0.2) is 0 Å². The lowest BCUT2D eigenvalue weighted by Gasteiger charge is -2.32. The van der Waals surface area contributed by atoms with Crippen molar-refractivity contribution < 1.29 is 18.1 Å². The minimum absolute atomic E-state index is 0.223. The molecule has 8 nitrogen and oxygen atoms in total. The largest absolute Gasteiger partial charge is 0.341 e. The Balaban J connectivity index is 2.24. The molecule has 1 atom stereocenters. The number of likely N-dealkylation sites (tertiary alicyclic amines) is 1. The monoisotopic (exact) mass is 369 g/mol. The first-order valence-electron chi connectivity index (χ1n) is 8.28. The first kappa shape index (κ1) is 19.3. The fourth-order valence-corrected chi connectivity index (χ4v) is 4.16. The normalized spacial score (nSPS) is 16.7. The number of nitro benzene ring substituents is 1. The first-order chi connectivity index (χ1) is 11.7. The molecule has 1 heterocycles. The third-order valence-electron chi connectivity index (χ3n) is 4.22. The first-order valence-corrected chi connectivity index (χ1v) is 9.76. The zero-order valence-corrected chi connectivity index (χ0v) is 15.2. The molecule has 2 rings (SSSR count). The number of amides is 1. The summed E-state index contributed by atoms with van der Waals surface area (Å²) < 4.78 is 27.6. The number of carbonyl (C=O) groups is 1. The topological polar surface area (TPSA) is 110 Å². The quantitative estimate of drug-likeness (QED) is 0.608. The standard InChI is InChI=1S/C16H23N3O5S/c1-12(2)15(16(20)18-9-4-3-5-10-18)17-25(23,24)14-8-6-7-13(11-14)19(21)22/h6-8,11-12,15,17H,3-5,9-10H2,1-2H3/t15-/m1/s1. The molecule has 25 heavy (non-hydrogen) atoms. The van der Waals surface area contributed by atoms with E-state index >= 15 is 0 Å². The highest BCUT2D eigenvalue weighted by atomic mass is 32.2. The van der Waals surface area contributed by atoms with E-state index < -0.39 is 21.0 Å². The summed E-state index contributed by atoms with van der Waals surface area (Å²) in [6.07, 6.45) is 2.89. The van der Waals surface area contributed by atoms with Crippen LogP contribution in [0.15, 0.2) is 29.2 Å². The Morgan fingerprint density at radius 1 is 1.24 bits per heavy atom. The lowest BCUT2D eigenvalue weighted by atomic mass is 10.0. The molecule has 1 saturated heterocycles. The highest BCUT2D eigenvalue weighted by Gasteiger charge is 2.32. The Morgan fingerprint density at radius 2 is 1.88 bits per heavy atom. The van der Waals surface area contributed by atoms with E-state index in [1.165, 1.54) is 18.2 Å². The Labute approximate surface area is 147 Å². The van der Waals surface area contributed by atoms with Crippen LogP contribution in [0.1, 0.15) is 33.1 Å². The van der Waals surface area contributed by atoms with Crippen molar-refractivity contribution in [2.24, 2.45) is 5.92 Å². The summed E-state index contributed by atoms with van der Waals surface area (Å²) in [6.45, 7) is 4.78. The average Bonchev–Trinajstić information content (AvgIpc) is 2.59. The van der Waals surface area contributed by atoms with Gasteiger partial charge in [-0.1, -0.05) is 19.9 Å². The molecule has 1 aromatic carbocycles. The zero-order chi connectivity index (χ0) is 18.6. The highest BCUT2D eigenvalue weighted by Crippen LogP contribution is 2.20. The summed E-state index contributed by atoms with van der Waals surface area (Å²) in [5.41, 5.74) is -0.314. The van der Waals surface area contributed by atoms with Crippen LogP contribution in [-0.2, 0) is 14.8 Å². The van der Waals surface area contributed by atoms with Crippen LogP contribution in [0.4, 0.5) is 5.69 Å². The molecular weight excluding hydrogens is 346 g/mol. The summed E-state index contributed by atoms with van der Waals surface area (Å²) in [5.74, 6) is -0.494. The molecule has 1 N–H and O–H groups in total. The van der Waals surface area contributed by atoms with E-state index in [1.807, 2.05) is 0 Å². The van der Waals surface area contributed by atoms with Crippen molar-refractivity contribution in [3.8, 4) is 0 Å². The van der Waals surface area contributed by atoms with Gasteiger partial charge in [0.05, 0.1) is 9.82 Å². The van der Waals surface area contributed by atoms with Gasteiger partial charge >= 0.3 is 0 Å². The highest BCUT2D eigenvalue weighted by molar-refractivity contribution is 7.89. The van der Waals surface area contributed by atoms with Crippen LogP contribution >= 0.6 is 0 Å². The molecule has 0 saturated carbocycles. The maximum atomic E-state index is 12.7. The van der Waals surface area contributed by atoms with E-state index in [4.69, 9.17) is 0 Å². The molecule has 0 unspecified atom stereocenters. The van der Waals surface area contributed by atoms with Crippen LogP contribution in [0, 0.1) is 16.0 Å². The molecule has 1 aliphatic rings. The van der Waals surface area contributed by atoms with Gasteiger partial charge < -0.3 is 4.90 Å². The second kappa shape index (κ2) is 7.92. The van der Waals surface area contributed by atoms with Gasteiger partial charge in [-0.3, -0.25) is 14.9 Å². The maximum absolute atomic E-state index is 12.7. The van der Waals surface area contributed by atoms with Gasteiger partial charge in [-0.05, 0) is 31.2 Å². The number of hydrogen-bond acceptors (Lipinski definition) is 5. The van der Waals surface area contributed by atoms with Gasteiger partial charge in [-0.2, -0.15) is 4.72 Å². The summed E-state index contributed by atoms with van der Waals surface area (Å²) >= 11 is 0. The molecule has 1 fully saturated rings. The minimum Gasteiger partial charge on any atom is -0.341 e. The minimum atomic E-state index is -4.05. The molecule has 0 aliphatic carbocycles. The summed E-state index contributed by atoms with van der Waals surface area (Å²) in [7, 11) is -4.05. The maximum Gasteiger partial charge on any atom is 0.270 e. The molecule has 1 aliphatic heterocycles. The van der Waals surface area contributed by atoms with Crippen LogP contribution in [0.3, 0.4) is 0 Å². The number of nitrogens with one attached hydrogen (secondary N) is 1. The van der Waals surface area contributed by atoms with E-state index in [1.54, 1.807) is 18.7 Å². The van der Waals surface area contributed by atoms with Crippen molar-refractivity contribution >= 4 is 21.6 Å². The van der Waals surface area contributed by atoms with E-state index in [0.717, 1.165) is 25.3 Å². The molecule has 0 spiro atoms. The number of benzene rings is 1. The summed E-state index contributed by atoms with van der Waals surface area (Å²) in [5, 5.41) is 10.9. The number of carbonyl (C=O) groups excluding carboxylic acids is 1. The molecule has 138 valence electrons. The van der Waals surface area contributed by atoms with E-state index in [2.05, 4.69) is 4.72 Å². The van der Waals surface area contributed by atoms with Crippen LogP contribution in [0.5, 0.6) is 0 Å². The number of nitrogens with zero attached hydrogens (tertiary/aromatic N) is 2. The predicted molar refractivity (Wildman–Crippen MR) is 92.5 cm³/mol. The van der Waals surface area contributed by atoms with Crippen LogP contribution in [0.2, 0.25) is 0 Å².